The number of benzene rings is 2. The Kier molecular flexibility index (Phi) is 4.81. The normalized spacial score (nSPS) is 13.6. The third-order valence-corrected chi connectivity index (χ3v) is 6.00. The second kappa shape index (κ2) is 7.65. The smallest absolute Gasteiger partial charge is 0.337 e. The van der Waals surface area contributed by atoms with Crippen LogP contribution in [0.3, 0.4) is 0 Å². The predicted molar refractivity (Wildman–Crippen MR) is 118 cm³/mol. The lowest BCUT2D eigenvalue weighted by Crippen LogP contribution is -2.07. The number of carboxylic acid groups (broad SMARTS) is 1. The lowest BCUT2D eigenvalue weighted by molar-refractivity contribution is 0.0695. The van der Waals surface area contributed by atoms with E-state index in [0.717, 1.165) is 46.0 Å². The minimum absolute atomic E-state index is 0.234. The molecule has 5 heteroatoms. The van der Waals surface area contributed by atoms with Crippen molar-refractivity contribution in [1.29, 1.82) is 0 Å². The van der Waals surface area contributed by atoms with Gasteiger partial charge in [-0.2, -0.15) is 0 Å². The van der Waals surface area contributed by atoms with Crippen LogP contribution in [0.15, 0.2) is 60.9 Å². The van der Waals surface area contributed by atoms with Gasteiger partial charge in [-0.15, -0.1) is 0 Å². The molecular formula is C26H23FN2O2. The average molecular weight is 414 g/mol. The van der Waals surface area contributed by atoms with Gasteiger partial charge in [0, 0.05) is 30.7 Å². The Morgan fingerprint density at radius 3 is 2.74 bits per heavy atom. The summed E-state index contributed by atoms with van der Waals surface area (Å²) < 4.78 is 15.7. The lowest BCUT2D eigenvalue weighted by Gasteiger charge is -2.11. The van der Waals surface area contributed by atoms with Crippen LogP contribution < -0.4 is 0 Å². The molecule has 0 bridgehead atoms. The Labute approximate surface area is 180 Å². The molecule has 1 saturated carbocycles. The lowest BCUT2D eigenvalue weighted by atomic mass is 9.99. The van der Waals surface area contributed by atoms with Crippen LogP contribution in [0.2, 0.25) is 0 Å². The third kappa shape index (κ3) is 3.96. The number of carboxylic acids is 1. The molecule has 2 heterocycles. The van der Waals surface area contributed by atoms with Crippen LogP contribution in [-0.2, 0) is 13.0 Å². The number of aryl methyl sites for hydroxylation is 1. The molecular weight excluding hydrogens is 391 g/mol. The number of pyridine rings is 1. The molecule has 2 aromatic carbocycles. The molecule has 5 rings (SSSR count). The Morgan fingerprint density at radius 1 is 1.16 bits per heavy atom. The number of halogens is 1. The molecule has 0 radical (unpaired) electrons. The first-order chi connectivity index (χ1) is 15.0. The zero-order chi connectivity index (χ0) is 21.5. The van der Waals surface area contributed by atoms with E-state index in [2.05, 4.69) is 28.6 Å². The molecule has 4 nitrogen and oxygen atoms in total. The zero-order valence-electron chi connectivity index (χ0n) is 17.3. The topological polar surface area (TPSA) is 55.1 Å². The monoisotopic (exact) mass is 414 g/mol. The molecule has 0 atom stereocenters. The van der Waals surface area contributed by atoms with Crippen molar-refractivity contribution >= 4 is 16.9 Å². The van der Waals surface area contributed by atoms with Crippen molar-refractivity contribution in [3.05, 3.63) is 100 Å². The fourth-order valence-electron chi connectivity index (χ4n) is 4.38. The van der Waals surface area contributed by atoms with Crippen LogP contribution in [0.4, 0.5) is 4.39 Å². The number of fused-ring (bicyclic) bond motifs is 1. The van der Waals surface area contributed by atoms with Crippen molar-refractivity contribution in [2.45, 2.75) is 38.6 Å². The Morgan fingerprint density at radius 2 is 2.00 bits per heavy atom. The van der Waals surface area contributed by atoms with E-state index in [0.29, 0.717) is 30.1 Å². The van der Waals surface area contributed by atoms with Crippen molar-refractivity contribution in [1.82, 2.24) is 9.55 Å². The van der Waals surface area contributed by atoms with Gasteiger partial charge in [-0.1, -0.05) is 18.2 Å². The van der Waals surface area contributed by atoms with E-state index in [1.165, 1.54) is 6.07 Å². The third-order valence-electron chi connectivity index (χ3n) is 6.00. The first-order valence-corrected chi connectivity index (χ1v) is 10.5. The molecule has 0 spiro atoms. The fourth-order valence-corrected chi connectivity index (χ4v) is 4.38. The SMILES string of the molecule is Cc1cc(Cc2ncc(C3CC3)cc2C(=O)O)cc2ccn(Cc3cccc(F)c3)c12. The highest BCUT2D eigenvalue weighted by molar-refractivity contribution is 5.89. The molecule has 0 unspecified atom stereocenters. The molecule has 1 fully saturated rings. The number of rotatable bonds is 6. The number of nitrogens with zero attached hydrogens (tertiary/aromatic N) is 2. The Bertz CT molecular complexity index is 1300. The number of hydrogen-bond acceptors (Lipinski definition) is 2. The van der Waals surface area contributed by atoms with E-state index >= 15 is 0 Å². The number of aromatic nitrogens is 2. The van der Waals surface area contributed by atoms with Crippen LogP contribution in [0, 0.1) is 12.7 Å². The van der Waals surface area contributed by atoms with Gasteiger partial charge in [-0.3, -0.25) is 4.98 Å². The summed E-state index contributed by atoms with van der Waals surface area (Å²) in [7, 11) is 0. The highest BCUT2D eigenvalue weighted by atomic mass is 19.1. The molecule has 0 aliphatic heterocycles. The van der Waals surface area contributed by atoms with Crippen molar-refractivity contribution in [2.75, 3.05) is 0 Å². The molecule has 156 valence electrons. The Balaban J connectivity index is 1.46. The maximum Gasteiger partial charge on any atom is 0.337 e. The van der Waals surface area contributed by atoms with Gasteiger partial charge < -0.3 is 9.67 Å². The highest BCUT2D eigenvalue weighted by Crippen LogP contribution is 2.40. The zero-order valence-corrected chi connectivity index (χ0v) is 17.3. The van der Waals surface area contributed by atoms with E-state index < -0.39 is 5.97 Å². The number of carbonyl (C=O) groups is 1. The van der Waals surface area contributed by atoms with E-state index in [1.807, 2.05) is 24.5 Å². The van der Waals surface area contributed by atoms with Crippen LogP contribution in [0.1, 0.15) is 57.1 Å². The van der Waals surface area contributed by atoms with E-state index in [4.69, 9.17) is 0 Å². The summed E-state index contributed by atoms with van der Waals surface area (Å²) in [5, 5.41) is 10.8. The van der Waals surface area contributed by atoms with Gasteiger partial charge in [0.2, 0.25) is 0 Å². The first kappa shape index (κ1) is 19.5. The second-order valence-corrected chi connectivity index (χ2v) is 8.44. The fraction of sp³-hybridized carbons (Fsp3) is 0.231. The standard InChI is InChI=1S/C26H23FN2O2/c1-16-9-18(12-24-23(26(30)31)13-21(14-28-24)19-5-6-19)10-20-7-8-29(25(16)20)15-17-3-2-4-22(27)11-17/h2-4,7-11,13-14,19H,5-6,12,15H2,1H3,(H,30,31). The largest absolute Gasteiger partial charge is 0.478 e. The molecule has 31 heavy (non-hydrogen) atoms. The van der Waals surface area contributed by atoms with Crippen LogP contribution in [-0.4, -0.2) is 20.6 Å². The van der Waals surface area contributed by atoms with E-state index in [-0.39, 0.29) is 5.82 Å². The van der Waals surface area contributed by atoms with Crippen LogP contribution in [0.25, 0.3) is 10.9 Å². The predicted octanol–water partition coefficient (Wildman–Crippen LogP) is 5.70. The summed E-state index contributed by atoms with van der Waals surface area (Å²) in [6, 6.07) is 14.7. The van der Waals surface area contributed by atoms with Crippen molar-refractivity contribution in [2.24, 2.45) is 0 Å². The van der Waals surface area contributed by atoms with Crippen LogP contribution >= 0.6 is 0 Å². The van der Waals surface area contributed by atoms with Gasteiger partial charge in [0.05, 0.1) is 16.8 Å². The summed E-state index contributed by atoms with van der Waals surface area (Å²) in [4.78, 5) is 16.3. The van der Waals surface area contributed by atoms with Crippen LogP contribution in [0.5, 0.6) is 0 Å². The minimum Gasteiger partial charge on any atom is -0.478 e. The average Bonchev–Trinajstić information content (AvgIpc) is 3.50. The quantitative estimate of drug-likeness (QED) is 0.440. The van der Waals surface area contributed by atoms with Gasteiger partial charge in [0.25, 0.3) is 0 Å². The van der Waals surface area contributed by atoms with Gasteiger partial charge in [-0.25, -0.2) is 9.18 Å². The first-order valence-electron chi connectivity index (χ1n) is 10.5. The summed E-state index contributed by atoms with van der Waals surface area (Å²) in [6.45, 7) is 2.64. The molecule has 0 saturated heterocycles. The molecule has 0 amide bonds. The molecule has 4 aromatic rings. The Hall–Kier alpha value is -3.47. The molecule has 2 aromatic heterocycles. The summed E-state index contributed by atoms with van der Waals surface area (Å²) >= 11 is 0. The van der Waals surface area contributed by atoms with Gasteiger partial charge in [0.1, 0.15) is 5.82 Å². The van der Waals surface area contributed by atoms with Crippen molar-refractivity contribution in [3.8, 4) is 0 Å². The molecule has 1 aliphatic rings. The number of hydrogen-bond donors (Lipinski definition) is 1. The van der Waals surface area contributed by atoms with E-state index in [9.17, 15) is 14.3 Å². The van der Waals surface area contributed by atoms with Crippen molar-refractivity contribution < 1.29 is 14.3 Å². The van der Waals surface area contributed by atoms with Gasteiger partial charge in [0.15, 0.2) is 0 Å². The van der Waals surface area contributed by atoms with E-state index in [1.54, 1.807) is 18.2 Å². The second-order valence-electron chi connectivity index (χ2n) is 8.44. The summed E-state index contributed by atoms with van der Waals surface area (Å²) in [5.41, 5.74) is 6.06. The van der Waals surface area contributed by atoms with Gasteiger partial charge in [-0.05, 0) is 78.3 Å². The maximum atomic E-state index is 13.6. The molecule has 1 aliphatic carbocycles. The highest BCUT2D eigenvalue weighted by Gasteiger charge is 2.26. The van der Waals surface area contributed by atoms with Crippen molar-refractivity contribution in [3.63, 3.8) is 0 Å². The summed E-state index contributed by atoms with van der Waals surface area (Å²) in [6.07, 6.45) is 6.54. The number of aromatic carboxylic acids is 1. The molecule has 1 N–H and O–H groups in total. The van der Waals surface area contributed by atoms with Gasteiger partial charge >= 0.3 is 5.97 Å². The maximum absolute atomic E-state index is 13.6. The summed E-state index contributed by atoms with van der Waals surface area (Å²) in [5.74, 6) is -0.692. The minimum atomic E-state index is -0.927.